The SMILES string of the molecule is CC1=C(C)[CH]([Zr]([CH]2C=C(c3ccc(F)cc3)c3ccccc32)=[Si](C)C)C(C)=C1C. The van der Waals surface area contributed by atoms with Gasteiger partial charge in [-0.3, -0.25) is 0 Å². The predicted octanol–water partition coefficient (Wildman–Crippen LogP) is 7.66. The molecular formula is C26H29FSiZr. The molecule has 0 saturated heterocycles. The van der Waals surface area contributed by atoms with Crippen LogP contribution in [0, 0.1) is 5.82 Å². The third kappa shape index (κ3) is 3.55. The van der Waals surface area contributed by atoms with Crippen LogP contribution in [-0.4, -0.2) is 5.43 Å². The summed E-state index contributed by atoms with van der Waals surface area (Å²) in [6, 6.07) is 16.0. The summed E-state index contributed by atoms with van der Waals surface area (Å²) < 4.78 is 14.9. The molecule has 0 bridgehead atoms. The standard InChI is InChI=1S/C15H10F.C9H13.C2H6Si.Zr/c16-13-8-5-12(6-9-13)15-10-7-11-3-1-2-4-14(11)15;1-6-5-7(2)9(4)8(6)3;1-3-2;/h1-10H;5H,1-4H3;1-2H3;. The molecule has 0 nitrogen and oxygen atoms in total. The Morgan fingerprint density at radius 1 is 0.828 bits per heavy atom. The number of rotatable bonds is 3. The Hall–Kier alpha value is -1.31. The van der Waals surface area contributed by atoms with Crippen LogP contribution in [0.2, 0.25) is 16.7 Å². The van der Waals surface area contributed by atoms with Crippen molar-refractivity contribution in [3.05, 3.63) is 99.4 Å². The van der Waals surface area contributed by atoms with Gasteiger partial charge in [-0.15, -0.1) is 0 Å². The molecule has 4 rings (SSSR count). The molecule has 2 aromatic carbocycles. The van der Waals surface area contributed by atoms with Crippen molar-refractivity contribution >= 4 is 11.0 Å². The molecule has 0 amide bonds. The van der Waals surface area contributed by atoms with Gasteiger partial charge in [0.15, 0.2) is 0 Å². The minimum absolute atomic E-state index is 0.167. The normalized spacial score (nSPS) is 19.0. The summed E-state index contributed by atoms with van der Waals surface area (Å²) in [6.07, 6.45) is 2.56. The maximum absolute atomic E-state index is 13.5. The zero-order chi connectivity index (χ0) is 20.9. The number of fused-ring (bicyclic) bond motifs is 1. The molecule has 2 aromatic rings. The molecule has 3 heteroatoms. The number of hydrogen-bond donors (Lipinski definition) is 0. The van der Waals surface area contributed by atoms with Gasteiger partial charge in [-0.2, -0.15) is 0 Å². The van der Waals surface area contributed by atoms with E-state index in [2.05, 4.69) is 71.1 Å². The molecular weight excluding hydrogens is 451 g/mol. The van der Waals surface area contributed by atoms with Crippen molar-refractivity contribution in [1.82, 2.24) is 0 Å². The molecule has 148 valence electrons. The Morgan fingerprint density at radius 2 is 1.41 bits per heavy atom. The van der Waals surface area contributed by atoms with E-state index in [4.69, 9.17) is 0 Å². The van der Waals surface area contributed by atoms with E-state index in [-0.39, 0.29) is 11.3 Å². The summed E-state index contributed by atoms with van der Waals surface area (Å²) in [5.74, 6) is -0.167. The number of hydrogen-bond acceptors (Lipinski definition) is 0. The van der Waals surface area contributed by atoms with Crippen LogP contribution in [-0.2, 0) is 20.4 Å². The van der Waals surface area contributed by atoms with E-state index < -0.39 is 20.4 Å². The van der Waals surface area contributed by atoms with E-state index in [1.54, 1.807) is 23.3 Å². The maximum atomic E-state index is 13.5. The fourth-order valence-corrected chi connectivity index (χ4v) is 25.6. The molecule has 0 radical (unpaired) electrons. The van der Waals surface area contributed by atoms with E-state index >= 15 is 0 Å². The summed E-state index contributed by atoms with van der Waals surface area (Å²) in [5, 5.41) is 0. The van der Waals surface area contributed by atoms with Crippen LogP contribution in [0.5, 0.6) is 0 Å². The van der Waals surface area contributed by atoms with E-state index in [1.807, 2.05) is 12.1 Å². The number of benzene rings is 2. The first-order valence-electron chi connectivity index (χ1n) is 10.4. The van der Waals surface area contributed by atoms with Gasteiger partial charge in [0.2, 0.25) is 0 Å². The van der Waals surface area contributed by atoms with Gasteiger partial charge in [0.05, 0.1) is 0 Å². The second-order valence-corrected chi connectivity index (χ2v) is 26.6. The molecule has 0 aromatic heterocycles. The van der Waals surface area contributed by atoms with Crippen molar-refractivity contribution in [2.24, 2.45) is 0 Å². The van der Waals surface area contributed by atoms with E-state index in [1.165, 1.54) is 27.8 Å². The zero-order valence-electron chi connectivity index (χ0n) is 18.2. The van der Waals surface area contributed by atoms with Crippen molar-refractivity contribution in [2.45, 2.75) is 48.0 Å². The van der Waals surface area contributed by atoms with Crippen LogP contribution in [0.3, 0.4) is 0 Å². The summed E-state index contributed by atoms with van der Waals surface area (Å²) in [5.41, 5.74) is 11.3. The quantitative estimate of drug-likeness (QED) is 0.396. The number of halogens is 1. The Balaban J connectivity index is 1.89. The summed E-state index contributed by atoms with van der Waals surface area (Å²) in [7, 11) is 0. The first-order chi connectivity index (χ1) is 13.8. The predicted molar refractivity (Wildman–Crippen MR) is 121 cm³/mol. The fourth-order valence-electron chi connectivity index (χ4n) is 5.09. The summed E-state index contributed by atoms with van der Waals surface area (Å²) >= 11 is -1.92. The van der Waals surface area contributed by atoms with Gasteiger partial charge < -0.3 is 0 Å². The van der Waals surface area contributed by atoms with Crippen molar-refractivity contribution in [3.8, 4) is 0 Å². The Kier molecular flexibility index (Phi) is 5.84. The Bertz CT molecular complexity index is 1090. The van der Waals surface area contributed by atoms with Crippen LogP contribution in [0.15, 0.2) is 76.9 Å². The second-order valence-electron chi connectivity index (χ2n) is 8.66. The van der Waals surface area contributed by atoms with Crippen LogP contribution < -0.4 is 0 Å². The molecule has 0 heterocycles. The van der Waals surface area contributed by atoms with Gasteiger partial charge in [0.25, 0.3) is 0 Å². The molecule has 0 spiro atoms. The zero-order valence-corrected chi connectivity index (χ0v) is 21.7. The van der Waals surface area contributed by atoms with Gasteiger partial charge in [-0.25, -0.2) is 0 Å². The van der Waals surface area contributed by atoms with Crippen LogP contribution in [0.4, 0.5) is 4.39 Å². The third-order valence-electron chi connectivity index (χ3n) is 6.91. The van der Waals surface area contributed by atoms with Gasteiger partial charge in [0, 0.05) is 0 Å². The van der Waals surface area contributed by atoms with E-state index in [0.29, 0.717) is 3.63 Å². The van der Waals surface area contributed by atoms with Gasteiger partial charge in [-0.05, 0) is 0 Å². The van der Waals surface area contributed by atoms with Crippen LogP contribution in [0.25, 0.3) is 5.57 Å². The van der Waals surface area contributed by atoms with E-state index in [0.717, 1.165) is 9.19 Å². The second kappa shape index (κ2) is 8.08. The third-order valence-corrected chi connectivity index (χ3v) is 26.6. The Labute approximate surface area is 182 Å². The molecule has 0 saturated carbocycles. The van der Waals surface area contributed by atoms with Gasteiger partial charge in [0.1, 0.15) is 0 Å². The van der Waals surface area contributed by atoms with Crippen molar-refractivity contribution in [2.75, 3.05) is 0 Å². The summed E-state index contributed by atoms with van der Waals surface area (Å²) in [6.45, 7) is 14.5. The first kappa shape index (κ1) is 20.9. The first-order valence-corrected chi connectivity index (χ1v) is 19.4. The monoisotopic (exact) mass is 478 g/mol. The van der Waals surface area contributed by atoms with Gasteiger partial charge >= 0.3 is 183 Å². The van der Waals surface area contributed by atoms with Crippen LogP contribution >= 0.6 is 0 Å². The average Bonchev–Trinajstić information content (AvgIpc) is 3.17. The molecule has 2 aliphatic carbocycles. The van der Waals surface area contributed by atoms with Crippen LogP contribution in [0.1, 0.15) is 48.0 Å². The molecule has 0 fully saturated rings. The van der Waals surface area contributed by atoms with Crippen molar-refractivity contribution < 1.29 is 24.8 Å². The molecule has 1 unspecified atom stereocenters. The fraction of sp³-hybridized carbons (Fsp3) is 0.308. The molecule has 29 heavy (non-hydrogen) atoms. The molecule has 0 aliphatic heterocycles. The van der Waals surface area contributed by atoms with Crippen molar-refractivity contribution in [3.63, 3.8) is 0 Å². The molecule has 0 N–H and O–H groups in total. The van der Waals surface area contributed by atoms with Gasteiger partial charge in [-0.1, -0.05) is 0 Å². The Morgan fingerprint density at radius 3 is 2.00 bits per heavy atom. The van der Waals surface area contributed by atoms with Crippen molar-refractivity contribution in [1.29, 1.82) is 0 Å². The van der Waals surface area contributed by atoms with E-state index in [9.17, 15) is 4.39 Å². The molecule has 1 atom stereocenters. The number of allylic oxidation sites excluding steroid dienone is 5. The topological polar surface area (TPSA) is 0 Å². The summed E-state index contributed by atoms with van der Waals surface area (Å²) in [4.78, 5) is 0. The average molecular weight is 480 g/mol. The minimum atomic E-state index is -1.92. The molecule has 2 aliphatic rings.